The first kappa shape index (κ1) is 15.8. The number of nitrogens with two attached hydrogens (primary N) is 1. The molecule has 1 aromatic rings. The summed E-state index contributed by atoms with van der Waals surface area (Å²) in [5.74, 6) is -3.13. The predicted molar refractivity (Wildman–Crippen MR) is 70.9 cm³/mol. The predicted octanol–water partition coefficient (Wildman–Crippen LogP) is 1.31. The normalized spacial score (nSPS) is 11.8. The molecule has 0 aromatic carbocycles. The Morgan fingerprint density at radius 2 is 2.20 bits per heavy atom. The zero-order chi connectivity index (χ0) is 15.4. The van der Waals surface area contributed by atoms with Crippen molar-refractivity contribution in [2.45, 2.75) is 19.8 Å². The molecule has 0 spiro atoms. The van der Waals surface area contributed by atoms with E-state index in [-0.39, 0.29) is 23.2 Å². The molecule has 0 aliphatic rings. The Bertz CT molecular complexity index is 577. The third-order valence-corrected chi connectivity index (χ3v) is 2.57. The Morgan fingerprint density at radius 3 is 2.65 bits per heavy atom. The summed E-state index contributed by atoms with van der Waals surface area (Å²) < 4.78 is 4.81. The van der Waals surface area contributed by atoms with Crippen LogP contribution < -0.4 is 5.73 Å². The highest BCUT2D eigenvalue weighted by atomic mass is 35.5. The lowest BCUT2D eigenvalue weighted by Crippen LogP contribution is -2.24. The van der Waals surface area contributed by atoms with Gasteiger partial charge in [0.1, 0.15) is 11.6 Å². The summed E-state index contributed by atoms with van der Waals surface area (Å²) >= 11 is 5.79. The number of aromatic nitrogens is 2. The van der Waals surface area contributed by atoms with Crippen LogP contribution in [-0.4, -0.2) is 33.2 Å². The van der Waals surface area contributed by atoms with Gasteiger partial charge in [0.2, 0.25) is 5.82 Å². The molecule has 0 fully saturated rings. The van der Waals surface area contributed by atoms with Crippen molar-refractivity contribution in [3.63, 3.8) is 0 Å². The second-order valence-electron chi connectivity index (χ2n) is 3.73. The van der Waals surface area contributed by atoms with Crippen molar-refractivity contribution < 1.29 is 14.5 Å². The summed E-state index contributed by atoms with van der Waals surface area (Å²) in [5.41, 5.74) is 5.18. The molecule has 1 heterocycles. The molecule has 1 atom stereocenters. The Labute approximate surface area is 118 Å². The number of nitrogen functional groups attached to an aromatic ring is 1. The van der Waals surface area contributed by atoms with Crippen LogP contribution in [0.15, 0.2) is 0 Å². The molecule has 108 valence electrons. The van der Waals surface area contributed by atoms with Crippen molar-refractivity contribution in [2.24, 2.45) is 0 Å². The number of hydrogen-bond acceptors (Lipinski definition) is 8. The summed E-state index contributed by atoms with van der Waals surface area (Å²) in [6.07, 6.45) is 0. The van der Waals surface area contributed by atoms with Crippen LogP contribution >= 0.6 is 11.6 Å². The van der Waals surface area contributed by atoms with Crippen molar-refractivity contribution in [3.8, 4) is 0 Å². The molecule has 0 saturated heterocycles. The van der Waals surface area contributed by atoms with Crippen LogP contribution in [0.25, 0.3) is 0 Å². The second kappa shape index (κ2) is 6.24. The standard InChI is InChI=1S/C10H12ClN5O4/c1-3-20-10(17)5(4(2)12)6-7(11)15-9(16(18)19)8(13)14-6/h5,12H,3H2,1-2H3,(H2,13,14). The van der Waals surface area contributed by atoms with Gasteiger partial charge in [-0.25, -0.2) is 4.98 Å². The first-order chi connectivity index (χ1) is 9.29. The zero-order valence-corrected chi connectivity index (χ0v) is 11.5. The van der Waals surface area contributed by atoms with Crippen LogP contribution in [-0.2, 0) is 9.53 Å². The van der Waals surface area contributed by atoms with Gasteiger partial charge in [-0.2, -0.15) is 0 Å². The number of carbonyl (C=O) groups is 1. The topological polar surface area (TPSA) is 145 Å². The summed E-state index contributed by atoms with van der Waals surface area (Å²) in [4.78, 5) is 28.8. The number of carbonyl (C=O) groups excluding carboxylic acids is 1. The molecule has 0 amide bonds. The quantitative estimate of drug-likeness (QED) is 0.361. The van der Waals surface area contributed by atoms with E-state index < -0.39 is 28.4 Å². The Morgan fingerprint density at radius 1 is 1.60 bits per heavy atom. The van der Waals surface area contributed by atoms with Gasteiger partial charge in [-0.1, -0.05) is 0 Å². The van der Waals surface area contributed by atoms with Crippen LogP contribution in [0.3, 0.4) is 0 Å². The van der Waals surface area contributed by atoms with Gasteiger partial charge in [0.25, 0.3) is 5.15 Å². The number of anilines is 1. The molecule has 0 bridgehead atoms. The van der Waals surface area contributed by atoms with Crippen LogP contribution in [0.1, 0.15) is 25.5 Å². The van der Waals surface area contributed by atoms with E-state index in [9.17, 15) is 14.9 Å². The summed E-state index contributed by atoms with van der Waals surface area (Å²) in [6, 6.07) is 0. The second-order valence-corrected chi connectivity index (χ2v) is 4.09. The average molecular weight is 302 g/mol. The van der Waals surface area contributed by atoms with Crippen molar-refractivity contribution in [1.82, 2.24) is 9.97 Å². The molecule has 0 radical (unpaired) electrons. The number of nitro groups is 1. The number of ether oxygens (including phenoxy) is 1. The van der Waals surface area contributed by atoms with E-state index in [1.807, 2.05) is 0 Å². The van der Waals surface area contributed by atoms with E-state index in [4.69, 9.17) is 27.5 Å². The molecule has 20 heavy (non-hydrogen) atoms. The van der Waals surface area contributed by atoms with E-state index in [1.165, 1.54) is 6.92 Å². The van der Waals surface area contributed by atoms with Gasteiger partial charge in [-0.3, -0.25) is 4.79 Å². The SMILES string of the molecule is CCOC(=O)C(C(C)=N)c1nc(N)c([N+](=O)[O-])nc1Cl. The maximum Gasteiger partial charge on any atom is 0.407 e. The van der Waals surface area contributed by atoms with E-state index in [2.05, 4.69) is 9.97 Å². The van der Waals surface area contributed by atoms with Gasteiger partial charge < -0.3 is 26.0 Å². The first-order valence-corrected chi connectivity index (χ1v) is 5.86. The smallest absolute Gasteiger partial charge is 0.407 e. The van der Waals surface area contributed by atoms with Crippen LogP contribution in [0.4, 0.5) is 11.6 Å². The van der Waals surface area contributed by atoms with Crippen molar-refractivity contribution >= 4 is 34.9 Å². The van der Waals surface area contributed by atoms with Gasteiger partial charge in [-0.05, 0) is 35.4 Å². The molecule has 1 aromatic heterocycles. The number of rotatable bonds is 5. The molecular formula is C10H12ClN5O4. The van der Waals surface area contributed by atoms with Gasteiger partial charge in [0.15, 0.2) is 0 Å². The summed E-state index contributed by atoms with van der Waals surface area (Å²) in [5, 5.41) is 17.9. The van der Waals surface area contributed by atoms with Gasteiger partial charge >= 0.3 is 11.8 Å². The monoisotopic (exact) mass is 301 g/mol. The summed E-state index contributed by atoms with van der Waals surface area (Å²) in [7, 11) is 0. The third-order valence-electron chi connectivity index (χ3n) is 2.29. The minimum absolute atomic E-state index is 0.0899. The minimum Gasteiger partial charge on any atom is -0.465 e. The third kappa shape index (κ3) is 3.18. The maximum atomic E-state index is 11.8. The maximum absolute atomic E-state index is 11.8. The lowest BCUT2D eigenvalue weighted by molar-refractivity contribution is -0.388. The molecule has 10 heteroatoms. The Balaban J connectivity index is 3.35. The van der Waals surface area contributed by atoms with Crippen molar-refractivity contribution in [1.29, 1.82) is 5.41 Å². The van der Waals surface area contributed by atoms with E-state index in [0.29, 0.717) is 0 Å². The minimum atomic E-state index is -1.20. The number of halogens is 1. The molecule has 1 rings (SSSR count). The zero-order valence-electron chi connectivity index (χ0n) is 10.7. The fraction of sp³-hybridized carbons (Fsp3) is 0.400. The number of nitrogens with one attached hydrogen (secondary N) is 1. The van der Waals surface area contributed by atoms with E-state index in [1.54, 1.807) is 6.92 Å². The highest BCUT2D eigenvalue weighted by molar-refractivity contribution is 6.31. The van der Waals surface area contributed by atoms with Crippen molar-refractivity contribution in [3.05, 3.63) is 21.0 Å². The highest BCUT2D eigenvalue weighted by Gasteiger charge is 2.33. The van der Waals surface area contributed by atoms with Crippen molar-refractivity contribution in [2.75, 3.05) is 12.3 Å². The molecule has 3 N–H and O–H groups in total. The molecular weight excluding hydrogens is 290 g/mol. The van der Waals surface area contributed by atoms with Crippen LogP contribution in [0.5, 0.6) is 0 Å². The van der Waals surface area contributed by atoms with Gasteiger partial charge in [0.05, 0.1) is 6.61 Å². The van der Waals surface area contributed by atoms with Gasteiger partial charge in [-0.15, -0.1) is 0 Å². The first-order valence-electron chi connectivity index (χ1n) is 5.48. The fourth-order valence-corrected chi connectivity index (χ4v) is 1.70. The molecule has 0 aliphatic heterocycles. The lowest BCUT2D eigenvalue weighted by atomic mass is 10.0. The molecule has 0 aliphatic carbocycles. The number of hydrogen-bond donors (Lipinski definition) is 2. The summed E-state index contributed by atoms with van der Waals surface area (Å²) in [6.45, 7) is 3.07. The lowest BCUT2D eigenvalue weighted by Gasteiger charge is -2.13. The largest absolute Gasteiger partial charge is 0.465 e. The van der Waals surface area contributed by atoms with E-state index >= 15 is 0 Å². The number of nitrogens with zero attached hydrogens (tertiary/aromatic N) is 3. The Kier molecular flexibility index (Phi) is 4.92. The van der Waals surface area contributed by atoms with E-state index in [0.717, 1.165) is 0 Å². The fourth-order valence-electron chi connectivity index (χ4n) is 1.47. The molecule has 9 nitrogen and oxygen atoms in total. The van der Waals surface area contributed by atoms with Gasteiger partial charge in [0, 0.05) is 5.71 Å². The molecule has 0 saturated carbocycles. The average Bonchev–Trinajstić information content (AvgIpc) is 2.32. The number of esters is 1. The van der Waals surface area contributed by atoms with Crippen LogP contribution in [0, 0.1) is 15.5 Å². The highest BCUT2D eigenvalue weighted by Crippen LogP contribution is 2.28. The Hall–Kier alpha value is -2.29. The molecule has 1 unspecified atom stereocenters. The van der Waals surface area contributed by atoms with Crippen LogP contribution in [0.2, 0.25) is 5.15 Å².